The lowest BCUT2D eigenvalue weighted by atomic mass is 10.1. The highest BCUT2D eigenvalue weighted by molar-refractivity contribution is 14.1. The fourth-order valence-corrected chi connectivity index (χ4v) is 3.94. The second-order valence-corrected chi connectivity index (χ2v) is 8.44. The van der Waals surface area contributed by atoms with Crippen molar-refractivity contribution < 1.29 is 14.3 Å². The Hall–Kier alpha value is -1.32. The highest BCUT2D eigenvalue weighted by atomic mass is 127. The smallest absolute Gasteiger partial charge is 0.293 e. The van der Waals surface area contributed by atoms with Crippen LogP contribution in [-0.2, 0) is 11.3 Å². The van der Waals surface area contributed by atoms with E-state index in [1.54, 1.807) is 13.2 Å². The monoisotopic (exact) mass is 529 g/mol. The number of halogens is 2. The summed E-state index contributed by atoms with van der Waals surface area (Å²) in [4.78, 5) is 26.6. The number of carbonyl (C=O) groups excluding carboxylic acids is 2. The van der Waals surface area contributed by atoms with Crippen molar-refractivity contribution in [1.29, 1.82) is 0 Å². The van der Waals surface area contributed by atoms with E-state index < -0.39 is 0 Å². The molecule has 4 nitrogen and oxygen atoms in total. The van der Waals surface area contributed by atoms with Crippen LogP contribution in [0.25, 0.3) is 6.08 Å². The average Bonchev–Trinajstić information content (AvgIpc) is 2.84. The Bertz CT molecular complexity index is 867. The van der Waals surface area contributed by atoms with Gasteiger partial charge in [0.25, 0.3) is 11.1 Å². The number of hydrogen-bond acceptors (Lipinski definition) is 4. The summed E-state index contributed by atoms with van der Waals surface area (Å²) in [7, 11) is 1.57. The summed E-state index contributed by atoms with van der Waals surface area (Å²) >= 11 is 6.58. The molecular formula is C18H13BrINO3S. The first kappa shape index (κ1) is 18.5. The topological polar surface area (TPSA) is 46.6 Å². The second-order valence-electron chi connectivity index (χ2n) is 5.28. The number of hydrogen-bond donors (Lipinski definition) is 0. The molecule has 25 heavy (non-hydrogen) atoms. The lowest BCUT2D eigenvalue weighted by molar-refractivity contribution is -0.123. The van der Waals surface area contributed by atoms with E-state index in [2.05, 4.69) is 38.5 Å². The van der Waals surface area contributed by atoms with Crippen molar-refractivity contribution in [3.8, 4) is 5.75 Å². The molecule has 0 saturated carbocycles. The predicted molar refractivity (Wildman–Crippen MR) is 111 cm³/mol. The first-order valence-electron chi connectivity index (χ1n) is 7.31. The third-order valence-electron chi connectivity index (χ3n) is 3.61. The average molecular weight is 530 g/mol. The van der Waals surface area contributed by atoms with Gasteiger partial charge in [-0.2, -0.15) is 0 Å². The number of imide groups is 1. The Morgan fingerprint density at radius 1 is 1.20 bits per heavy atom. The maximum atomic E-state index is 12.6. The molecule has 1 saturated heterocycles. The second kappa shape index (κ2) is 7.92. The van der Waals surface area contributed by atoms with Gasteiger partial charge in [-0.3, -0.25) is 14.5 Å². The molecule has 0 radical (unpaired) electrons. The van der Waals surface area contributed by atoms with Crippen molar-refractivity contribution in [3.05, 3.63) is 66.5 Å². The number of benzene rings is 2. The maximum absolute atomic E-state index is 12.6. The molecule has 2 amide bonds. The summed E-state index contributed by atoms with van der Waals surface area (Å²) in [5.41, 5.74) is 1.67. The number of carbonyl (C=O) groups is 2. The highest BCUT2D eigenvalue weighted by Gasteiger charge is 2.35. The van der Waals surface area contributed by atoms with E-state index in [9.17, 15) is 9.59 Å². The fourth-order valence-electron chi connectivity index (χ4n) is 2.37. The normalized spacial score (nSPS) is 16.0. The van der Waals surface area contributed by atoms with Gasteiger partial charge in [0.2, 0.25) is 0 Å². The van der Waals surface area contributed by atoms with Crippen molar-refractivity contribution in [2.75, 3.05) is 7.11 Å². The lowest BCUT2D eigenvalue weighted by Crippen LogP contribution is -2.27. The third-order valence-corrected chi connectivity index (χ3v) is 5.73. The largest absolute Gasteiger partial charge is 0.496 e. The Morgan fingerprint density at radius 2 is 1.92 bits per heavy atom. The molecule has 2 aromatic carbocycles. The molecule has 7 heteroatoms. The van der Waals surface area contributed by atoms with E-state index in [1.807, 2.05) is 42.5 Å². The predicted octanol–water partition coefficient (Wildman–Crippen LogP) is 5.30. The molecule has 1 fully saturated rings. The lowest BCUT2D eigenvalue weighted by Gasteiger charge is -2.12. The Kier molecular flexibility index (Phi) is 5.85. The third kappa shape index (κ3) is 4.27. The van der Waals surface area contributed by atoms with Gasteiger partial charge in [0, 0.05) is 13.6 Å². The zero-order valence-corrected chi connectivity index (χ0v) is 17.7. The first-order valence-corrected chi connectivity index (χ1v) is 10.00. The van der Waals surface area contributed by atoms with Gasteiger partial charge in [-0.1, -0.05) is 28.1 Å². The molecule has 128 valence electrons. The van der Waals surface area contributed by atoms with Crippen LogP contribution < -0.4 is 4.74 Å². The summed E-state index contributed by atoms with van der Waals surface area (Å²) < 4.78 is 7.30. The van der Waals surface area contributed by atoms with Crippen molar-refractivity contribution in [2.45, 2.75) is 6.54 Å². The van der Waals surface area contributed by atoms with E-state index in [0.29, 0.717) is 10.7 Å². The van der Waals surface area contributed by atoms with Crippen LogP contribution in [-0.4, -0.2) is 23.2 Å². The van der Waals surface area contributed by atoms with Gasteiger partial charge in [0.1, 0.15) is 5.75 Å². The van der Waals surface area contributed by atoms with Crippen LogP contribution in [0.15, 0.2) is 51.8 Å². The van der Waals surface area contributed by atoms with Gasteiger partial charge >= 0.3 is 0 Å². The van der Waals surface area contributed by atoms with Crippen molar-refractivity contribution >= 4 is 67.5 Å². The summed E-state index contributed by atoms with van der Waals surface area (Å²) in [6.07, 6.45) is 1.70. The van der Waals surface area contributed by atoms with Crippen LogP contribution in [0.1, 0.15) is 11.1 Å². The van der Waals surface area contributed by atoms with Crippen LogP contribution >= 0.6 is 50.3 Å². The maximum Gasteiger partial charge on any atom is 0.293 e. The molecule has 0 spiro atoms. The van der Waals surface area contributed by atoms with Gasteiger partial charge in [-0.05, 0) is 76.3 Å². The van der Waals surface area contributed by atoms with Crippen molar-refractivity contribution in [2.24, 2.45) is 0 Å². The van der Waals surface area contributed by atoms with Gasteiger partial charge in [-0.15, -0.1) is 0 Å². The zero-order chi connectivity index (χ0) is 18.0. The number of thioether (sulfide) groups is 1. The Labute approximate surface area is 171 Å². The number of ether oxygens (including phenoxy) is 1. The van der Waals surface area contributed by atoms with E-state index in [0.717, 1.165) is 30.9 Å². The summed E-state index contributed by atoms with van der Waals surface area (Å²) in [6, 6.07) is 13.3. The van der Waals surface area contributed by atoms with E-state index in [-0.39, 0.29) is 17.7 Å². The molecule has 1 heterocycles. The number of amides is 2. The zero-order valence-electron chi connectivity index (χ0n) is 13.2. The number of rotatable bonds is 4. The molecule has 0 aromatic heterocycles. The highest BCUT2D eigenvalue weighted by Crippen LogP contribution is 2.35. The van der Waals surface area contributed by atoms with Crippen LogP contribution in [0.2, 0.25) is 0 Å². The van der Waals surface area contributed by atoms with Crippen LogP contribution in [0.3, 0.4) is 0 Å². The van der Waals surface area contributed by atoms with Gasteiger partial charge in [0.15, 0.2) is 0 Å². The first-order chi connectivity index (χ1) is 12.0. The molecule has 1 aliphatic heterocycles. The van der Waals surface area contributed by atoms with E-state index >= 15 is 0 Å². The van der Waals surface area contributed by atoms with Crippen LogP contribution in [0.4, 0.5) is 4.79 Å². The van der Waals surface area contributed by atoms with Crippen LogP contribution in [0.5, 0.6) is 5.75 Å². The minimum Gasteiger partial charge on any atom is -0.496 e. The van der Waals surface area contributed by atoms with Gasteiger partial charge in [0.05, 0.1) is 18.6 Å². The SMILES string of the molecule is COc1ccc(Br)cc1/C=C1/SC(=O)N(Cc2ccc(I)cc2)C1=O. The minimum atomic E-state index is -0.282. The fraction of sp³-hybridized carbons (Fsp3) is 0.111. The van der Waals surface area contributed by atoms with Crippen LogP contribution in [0, 0.1) is 3.57 Å². The van der Waals surface area contributed by atoms with Crippen molar-refractivity contribution in [1.82, 2.24) is 4.90 Å². The molecule has 0 aliphatic carbocycles. The van der Waals surface area contributed by atoms with E-state index in [4.69, 9.17) is 4.74 Å². The Balaban J connectivity index is 1.86. The van der Waals surface area contributed by atoms with E-state index in [1.165, 1.54) is 4.90 Å². The van der Waals surface area contributed by atoms with Gasteiger partial charge < -0.3 is 4.74 Å². The van der Waals surface area contributed by atoms with Crippen molar-refractivity contribution in [3.63, 3.8) is 0 Å². The molecule has 0 N–H and O–H groups in total. The van der Waals surface area contributed by atoms with Gasteiger partial charge in [-0.25, -0.2) is 0 Å². The summed E-state index contributed by atoms with van der Waals surface area (Å²) in [5, 5.41) is -0.260. The molecule has 0 bridgehead atoms. The summed E-state index contributed by atoms with van der Waals surface area (Å²) in [5.74, 6) is 0.364. The summed E-state index contributed by atoms with van der Waals surface area (Å²) in [6.45, 7) is 0.272. The number of nitrogens with zero attached hydrogens (tertiary/aromatic N) is 1. The standard InChI is InChI=1S/C18H13BrINO3S/c1-24-15-7-4-13(19)8-12(15)9-16-17(22)21(18(23)25-16)10-11-2-5-14(20)6-3-11/h2-9H,10H2,1H3/b16-9+. The molecular weight excluding hydrogens is 517 g/mol. The molecule has 0 unspecified atom stereocenters. The number of methoxy groups -OCH3 is 1. The molecule has 0 atom stereocenters. The minimum absolute atomic E-state index is 0.260. The Morgan fingerprint density at radius 3 is 2.60 bits per heavy atom. The molecule has 2 aromatic rings. The quantitative estimate of drug-likeness (QED) is 0.398. The molecule has 3 rings (SSSR count). The molecule has 1 aliphatic rings.